The van der Waals surface area contributed by atoms with Crippen molar-refractivity contribution >= 4 is 39.3 Å². The van der Waals surface area contributed by atoms with E-state index in [0.29, 0.717) is 13.1 Å². The van der Waals surface area contributed by atoms with Crippen LogP contribution in [-0.4, -0.2) is 46.5 Å². The largest absolute Gasteiger partial charge is 0.480 e. The first-order valence-corrected chi connectivity index (χ1v) is 8.55. The zero-order valence-corrected chi connectivity index (χ0v) is 14.5. The SMILES string of the molecule is CC1CCCN(C(=O)N(C)Cc2cc(Br)cs2)C1C(=O)O. The summed E-state index contributed by atoms with van der Waals surface area (Å²) in [6.07, 6.45) is 1.71. The van der Waals surface area contributed by atoms with E-state index in [-0.39, 0.29) is 11.9 Å². The number of halogens is 1. The molecule has 5 nitrogen and oxygen atoms in total. The van der Waals surface area contributed by atoms with Gasteiger partial charge in [-0.25, -0.2) is 9.59 Å². The third-order valence-corrected chi connectivity index (χ3v) is 5.46. The van der Waals surface area contributed by atoms with Crippen LogP contribution in [0.2, 0.25) is 0 Å². The number of hydrogen-bond acceptors (Lipinski definition) is 3. The van der Waals surface area contributed by atoms with Crippen LogP contribution in [0.3, 0.4) is 0 Å². The van der Waals surface area contributed by atoms with E-state index in [4.69, 9.17) is 0 Å². The summed E-state index contributed by atoms with van der Waals surface area (Å²) in [6.45, 7) is 2.90. The molecule has 1 aliphatic rings. The molecule has 1 N–H and O–H groups in total. The second-order valence-electron chi connectivity index (χ2n) is 5.47. The second kappa shape index (κ2) is 6.79. The summed E-state index contributed by atoms with van der Waals surface area (Å²) >= 11 is 4.97. The van der Waals surface area contributed by atoms with Crippen molar-refractivity contribution in [1.82, 2.24) is 9.80 Å². The van der Waals surface area contributed by atoms with E-state index in [0.717, 1.165) is 22.2 Å². The van der Waals surface area contributed by atoms with E-state index >= 15 is 0 Å². The van der Waals surface area contributed by atoms with Crippen LogP contribution in [-0.2, 0) is 11.3 Å². The number of rotatable bonds is 3. The van der Waals surface area contributed by atoms with Crippen molar-refractivity contribution in [3.05, 3.63) is 20.8 Å². The standard InChI is InChI=1S/C14H19BrN2O3S/c1-9-4-3-5-17(12(9)13(18)19)14(20)16(2)7-11-6-10(15)8-21-11/h6,8-9,12H,3-5,7H2,1-2H3,(H,18,19). The van der Waals surface area contributed by atoms with Gasteiger partial charge in [0.2, 0.25) is 0 Å². The van der Waals surface area contributed by atoms with Gasteiger partial charge in [-0.05, 0) is 40.8 Å². The molecule has 2 atom stereocenters. The molecule has 1 saturated heterocycles. The maximum atomic E-state index is 12.6. The Morgan fingerprint density at radius 2 is 2.29 bits per heavy atom. The minimum atomic E-state index is -0.914. The number of amides is 2. The fraction of sp³-hybridized carbons (Fsp3) is 0.571. The van der Waals surface area contributed by atoms with Crippen LogP contribution in [0.1, 0.15) is 24.6 Å². The predicted octanol–water partition coefficient (Wildman–Crippen LogP) is 3.25. The fourth-order valence-corrected chi connectivity index (χ4v) is 4.24. The molecule has 0 bridgehead atoms. The third kappa shape index (κ3) is 3.77. The number of aliphatic carboxylic acids is 1. The highest BCUT2D eigenvalue weighted by Crippen LogP contribution is 2.26. The lowest BCUT2D eigenvalue weighted by Gasteiger charge is -2.39. The van der Waals surface area contributed by atoms with E-state index in [1.807, 2.05) is 18.4 Å². The van der Waals surface area contributed by atoms with Crippen LogP contribution in [0, 0.1) is 5.92 Å². The van der Waals surface area contributed by atoms with Gasteiger partial charge in [-0.2, -0.15) is 0 Å². The van der Waals surface area contributed by atoms with Gasteiger partial charge in [-0.3, -0.25) is 0 Å². The zero-order chi connectivity index (χ0) is 15.6. The van der Waals surface area contributed by atoms with Gasteiger partial charge >= 0.3 is 12.0 Å². The number of hydrogen-bond donors (Lipinski definition) is 1. The quantitative estimate of drug-likeness (QED) is 0.882. The first-order chi connectivity index (χ1) is 9.90. The molecule has 0 aliphatic carbocycles. The van der Waals surface area contributed by atoms with E-state index in [1.54, 1.807) is 23.3 Å². The Bertz CT molecular complexity index is 534. The van der Waals surface area contributed by atoms with Crippen molar-refractivity contribution < 1.29 is 14.7 Å². The van der Waals surface area contributed by atoms with Crippen molar-refractivity contribution in [1.29, 1.82) is 0 Å². The van der Waals surface area contributed by atoms with Crippen LogP contribution in [0.25, 0.3) is 0 Å². The molecule has 0 radical (unpaired) electrons. The van der Waals surface area contributed by atoms with Crippen molar-refractivity contribution in [2.75, 3.05) is 13.6 Å². The van der Waals surface area contributed by atoms with Gasteiger partial charge < -0.3 is 14.9 Å². The molecule has 0 spiro atoms. The number of urea groups is 1. The molecule has 1 aromatic rings. The number of carboxylic acid groups (broad SMARTS) is 1. The van der Waals surface area contributed by atoms with Crippen LogP contribution in [0.5, 0.6) is 0 Å². The van der Waals surface area contributed by atoms with Gasteiger partial charge in [0.15, 0.2) is 0 Å². The van der Waals surface area contributed by atoms with Gasteiger partial charge in [-0.1, -0.05) is 6.92 Å². The number of carbonyl (C=O) groups excluding carboxylic acids is 1. The normalized spacial score (nSPS) is 22.1. The number of carboxylic acids is 1. The molecule has 21 heavy (non-hydrogen) atoms. The summed E-state index contributed by atoms with van der Waals surface area (Å²) in [7, 11) is 1.72. The van der Waals surface area contributed by atoms with Gasteiger partial charge in [0.1, 0.15) is 6.04 Å². The first-order valence-electron chi connectivity index (χ1n) is 6.87. The number of thiophene rings is 1. The number of carbonyl (C=O) groups is 2. The summed E-state index contributed by atoms with van der Waals surface area (Å²) in [5.41, 5.74) is 0. The molecule has 2 heterocycles. The summed E-state index contributed by atoms with van der Waals surface area (Å²) in [5.74, 6) is -0.924. The molecule has 0 saturated carbocycles. The van der Waals surface area contributed by atoms with Crippen LogP contribution in [0.15, 0.2) is 15.9 Å². The molecular weight excluding hydrogens is 356 g/mol. The fourth-order valence-electron chi connectivity index (χ4n) is 2.74. The zero-order valence-electron chi connectivity index (χ0n) is 12.1. The first kappa shape index (κ1) is 16.3. The maximum absolute atomic E-state index is 12.6. The molecule has 1 aliphatic heterocycles. The van der Waals surface area contributed by atoms with Crippen molar-refractivity contribution in [2.45, 2.75) is 32.4 Å². The highest BCUT2D eigenvalue weighted by molar-refractivity contribution is 9.10. The summed E-state index contributed by atoms with van der Waals surface area (Å²) in [6, 6.07) is 1.05. The maximum Gasteiger partial charge on any atom is 0.326 e. The lowest BCUT2D eigenvalue weighted by molar-refractivity contribution is -0.145. The summed E-state index contributed by atoms with van der Waals surface area (Å²) in [5, 5.41) is 11.4. The lowest BCUT2D eigenvalue weighted by atomic mass is 9.91. The Hall–Kier alpha value is -1.08. The third-order valence-electron chi connectivity index (χ3n) is 3.77. The number of piperidine rings is 1. The Morgan fingerprint density at radius 3 is 2.86 bits per heavy atom. The second-order valence-corrected chi connectivity index (χ2v) is 7.38. The van der Waals surface area contributed by atoms with Crippen LogP contribution < -0.4 is 0 Å². The summed E-state index contributed by atoms with van der Waals surface area (Å²) in [4.78, 5) is 28.2. The smallest absolute Gasteiger partial charge is 0.326 e. The highest BCUT2D eigenvalue weighted by Gasteiger charge is 2.38. The van der Waals surface area contributed by atoms with Gasteiger partial charge in [0.05, 0.1) is 6.54 Å². The molecule has 116 valence electrons. The minimum absolute atomic E-state index is 0.00974. The molecular formula is C14H19BrN2O3S. The van der Waals surface area contributed by atoms with Gasteiger partial charge in [0.25, 0.3) is 0 Å². The van der Waals surface area contributed by atoms with Crippen molar-refractivity contribution in [3.8, 4) is 0 Å². The van der Waals surface area contributed by atoms with Crippen LogP contribution >= 0.6 is 27.3 Å². The monoisotopic (exact) mass is 374 g/mol. The van der Waals surface area contributed by atoms with Crippen LogP contribution in [0.4, 0.5) is 4.79 Å². The predicted molar refractivity (Wildman–Crippen MR) is 85.4 cm³/mol. The molecule has 1 fully saturated rings. The molecule has 7 heteroatoms. The number of likely N-dealkylation sites (tertiary alicyclic amines) is 1. The molecule has 2 unspecified atom stereocenters. The van der Waals surface area contributed by atoms with E-state index in [1.165, 1.54) is 4.90 Å². The van der Waals surface area contributed by atoms with Crippen molar-refractivity contribution in [2.24, 2.45) is 5.92 Å². The van der Waals surface area contributed by atoms with E-state index in [2.05, 4.69) is 15.9 Å². The molecule has 2 amide bonds. The van der Waals surface area contributed by atoms with Crippen molar-refractivity contribution in [3.63, 3.8) is 0 Å². The Morgan fingerprint density at radius 1 is 1.57 bits per heavy atom. The average Bonchev–Trinajstić information content (AvgIpc) is 2.82. The van der Waals surface area contributed by atoms with E-state index < -0.39 is 12.0 Å². The lowest BCUT2D eigenvalue weighted by Crippen LogP contribution is -2.55. The Labute approximate surface area is 136 Å². The Kier molecular flexibility index (Phi) is 5.27. The Balaban J connectivity index is 2.07. The average molecular weight is 375 g/mol. The minimum Gasteiger partial charge on any atom is -0.480 e. The molecule has 2 rings (SSSR count). The van der Waals surface area contributed by atoms with E-state index in [9.17, 15) is 14.7 Å². The number of nitrogens with zero attached hydrogens (tertiary/aromatic N) is 2. The highest BCUT2D eigenvalue weighted by atomic mass is 79.9. The van der Waals surface area contributed by atoms with Gasteiger partial charge in [0, 0.05) is 28.3 Å². The van der Waals surface area contributed by atoms with Gasteiger partial charge in [-0.15, -0.1) is 11.3 Å². The molecule has 0 aromatic carbocycles. The molecule has 1 aromatic heterocycles. The topological polar surface area (TPSA) is 60.9 Å². The summed E-state index contributed by atoms with van der Waals surface area (Å²) < 4.78 is 0.998.